The molecule has 0 saturated carbocycles. The van der Waals surface area contributed by atoms with Crippen LogP contribution in [0.3, 0.4) is 0 Å². The van der Waals surface area contributed by atoms with Crippen LogP contribution >= 0.6 is 0 Å². The van der Waals surface area contributed by atoms with Crippen LogP contribution in [0.1, 0.15) is 26.5 Å². The van der Waals surface area contributed by atoms with Gasteiger partial charge in [0, 0.05) is 11.5 Å². The zero-order valence-corrected chi connectivity index (χ0v) is 10.8. The summed E-state index contributed by atoms with van der Waals surface area (Å²) in [5, 5.41) is 0. The van der Waals surface area contributed by atoms with E-state index in [-0.39, 0.29) is 11.4 Å². The van der Waals surface area contributed by atoms with Gasteiger partial charge in [0.05, 0.1) is 5.69 Å². The van der Waals surface area contributed by atoms with Crippen molar-refractivity contribution in [1.82, 2.24) is 9.97 Å². The zero-order chi connectivity index (χ0) is 13.2. The number of ether oxygens (including phenoxy) is 1. The lowest BCUT2D eigenvalue weighted by Crippen LogP contribution is -2.15. The lowest BCUT2D eigenvalue weighted by Gasteiger charge is -2.18. The average Bonchev–Trinajstić information content (AvgIpc) is 2.28. The number of benzene rings is 1. The Balaban J connectivity index is 2.32. The van der Waals surface area contributed by atoms with Crippen LogP contribution in [0.4, 0.5) is 5.95 Å². The van der Waals surface area contributed by atoms with Crippen molar-refractivity contribution in [2.24, 2.45) is 0 Å². The smallest absolute Gasteiger partial charge is 0.224 e. The topological polar surface area (TPSA) is 61.0 Å². The molecule has 2 rings (SSSR count). The van der Waals surface area contributed by atoms with Gasteiger partial charge < -0.3 is 10.5 Å². The molecule has 1 aromatic heterocycles. The van der Waals surface area contributed by atoms with Crippen molar-refractivity contribution in [2.75, 3.05) is 5.73 Å². The van der Waals surface area contributed by atoms with Gasteiger partial charge in [-0.25, -0.2) is 4.98 Å². The Bertz CT molecular complexity index is 532. The van der Waals surface area contributed by atoms with Gasteiger partial charge in [0.15, 0.2) is 0 Å². The predicted molar refractivity (Wildman–Crippen MR) is 71.7 cm³/mol. The molecule has 0 aliphatic carbocycles. The highest BCUT2D eigenvalue weighted by atomic mass is 16.5. The predicted octanol–water partition coefficient (Wildman–Crippen LogP) is 3.15. The summed E-state index contributed by atoms with van der Waals surface area (Å²) in [5.41, 5.74) is 6.48. The van der Waals surface area contributed by atoms with Crippen LogP contribution in [0, 0.1) is 0 Å². The number of hydrogen-bond acceptors (Lipinski definition) is 4. The molecule has 2 aromatic rings. The van der Waals surface area contributed by atoms with E-state index < -0.39 is 0 Å². The maximum absolute atomic E-state index is 5.71. The highest BCUT2D eigenvalue weighted by Gasteiger charge is 2.18. The maximum atomic E-state index is 5.71. The van der Waals surface area contributed by atoms with Crippen LogP contribution in [-0.4, -0.2) is 9.97 Å². The minimum absolute atomic E-state index is 0.0914. The van der Waals surface area contributed by atoms with E-state index in [1.54, 1.807) is 0 Å². The van der Waals surface area contributed by atoms with Gasteiger partial charge in [0.1, 0.15) is 5.75 Å². The fourth-order valence-corrected chi connectivity index (χ4v) is 1.49. The van der Waals surface area contributed by atoms with Crippen molar-refractivity contribution in [1.29, 1.82) is 0 Å². The molecular weight excluding hydrogens is 226 g/mol. The number of nitrogen functional groups attached to an aromatic ring is 1. The largest absolute Gasteiger partial charge is 0.439 e. The standard InChI is InChI=1S/C14H17N3O/c1-14(2,3)11-9-12(17-13(15)16-11)18-10-7-5-4-6-8-10/h4-9H,1-3H3,(H2,15,16,17). The van der Waals surface area contributed by atoms with E-state index in [1.807, 2.05) is 36.4 Å². The molecule has 1 heterocycles. The summed E-state index contributed by atoms with van der Waals surface area (Å²) in [6, 6.07) is 11.3. The molecular formula is C14H17N3O. The normalized spacial score (nSPS) is 11.3. The lowest BCUT2D eigenvalue weighted by atomic mass is 9.92. The molecule has 0 unspecified atom stereocenters. The Hall–Kier alpha value is -2.10. The Kier molecular flexibility index (Phi) is 3.19. The van der Waals surface area contributed by atoms with Gasteiger partial charge >= 0.3 is 0 Å². The Morgan fingerprint density at radius 3 is 2.33 bits per heavy atom. The molecule has 0 atom stereocenters. The highest BCUT2D eigenvalue weighted by Crippen LogP contribution is 2.26. The molecule has 1 aromatic carbocycles. The van der Waals surface area contributed by atoms with Crippen LogP contribution in [0.5, 0.6) is 11.6 Å². The molecule has 2 N–H and O–H groups in total. The third kappa shape index (κ3) is 2.97. The summed E-state index contributed by atoms with van der Waals surface area (Å²) in [6.07, 6.45) is 0. The number of anilines is 1. The van der Waals surface area contributed by atoms with E-state index in [2.05, 4.69) is 30.7 Å². The van der Waals surface area contributed by atoms with Crippen molar-refractivity contribution < 1.29 is 4.74 Å². The fraction of sp³-hybridized carbons (Fsp3) is 0.286. The van der Waals surface area contributed by atoms with Crippen molar-refractivity contribution in [2.45, 2.75) is 26.2 Å². The molecule has 4 nitrogen and oxygen atoms in total. The third-order valence-corrected chi connectivity index (χ3v) is 2.45. The van der Waals surface area contributed by atoms with Gasteiger partial charge in [-0.1, -0.05) is 39.0 Å². The van der Waals surface area contributed by atoms with Gasteiger partial charge in [-0.15, -0.1) is 0 Å². The van der Waals surface area contributed by atoms with Crippen LogP contribution < -0.4 is 10.5 Å². The van der Waals surface area contributed by atoms with Gasteiger partial charge in [0.25, 0.3) is 0 Å². The van der Waals surface area contributed by atoms with Gasteiger partial charge in [-0.2, -0.15) is 4.98 Å². The molecule has 18 heavy (non-hydrogen) atoms. The summed E-state index contributed by atoms with van der Waals surface area (Å²) in [6.45, 7) is 6.21. The quantitative estimate of drug-likeness (QED) is 0.880. The summed E-state index contributed by atoms with van der Waals surface area (Å²) >= 11 is 0. The molecule has 4 heteroatoms. The fourth-order valence-electron chi connectivity index (χ4n) is 1.49. The highest BCUT2D eigenvalue weighted by molar-refractivity contribution is 5.33. The van der Waals surface area contributed by atoms with Crippen LogP contribution in [-0.2, 0) is 5.41 Å². The Labute approximate surface area is 107 Å². The minimum Gasteiger partial charge on any atom is -0.439 e. The van der Waals surface area contributed by atoms with Crippen molar-refractivity contribution in [3.63, 3.8) is 0 Å². The number of rotatable bonds is 2. The van der Waals surface area contributed by atoms with E-state index in [1.165, 1.54) is 0 Å². The number of nitrogens with zero attached hydrogens (tertiary/aromatic N) is 2. The molecule has 0 radical (unpaired) electrons. The first kappa shape index (κ1) is 12.4. The zero-order valence-electron chi connectivity index (χ0n) is 10.8. The van der Waals surface area contributed by atoms with Crippen molar-refractivity contribution >= 4 is 5.95 Å². The summed E-state index contributed by atoms with van der Waals surface area (Å²) in [7, 11) is 0. The Morgan fingerprint density at radius 1 is 1.06 bits per heavy atom. The van der Waals surface area contributed by atoms with E-state index in [4.69, 9.17) is 10.5 Å². The van der Waals surface area contributed by atoms with Crippen LogP contribution in [0.25, 0.3) is 0 Å². The van der Waals surface area contributed by atoms with Gasteiger partial charge in [0.2, 0.25) is 11.8 Å². The number of aromatic nitrogens is 2. The summed E-state index contributed by atoms with van der Waals surface area (Å²) < 4.78 is 5.66. The minimum atomic E-state index is -0.0914. The van der Waals surface area contributed by atoms with E-state index in [0.717, 1.165) is 11.4 Å². The van der Waals surface area contributed by atoms with Gasteiger partial charge in [-0.05, 0) is 12.1 Å². The number of hydrogen-bond donors (Lipinski definition) is 1. The van der Waals surface area contributed by atoms with Gasteiger partial charge in [-0.3, -0.25) is 0 Å². The monoisotopic (exact) mass is 243 g/mol. The van der Waals surface area contributed by atoms with Crippen molar-refractivity contribution in [3.8, 4) is 11.6 Å². The molecule has 0 saturated heterocycles. The second-order valence-electron chi connectivity index (χ2n) is 5.11. The SMILES string of the molecule is CC(C)(C)c1cc(Oc2ccccc2)nc(N)n1. The second kappa shape index (κ2) is 4.64. The first-order valence-electron chi connectivity index (χ1n) is 5.83. The first-order chi connectivity index (χ1) is 8.45. The molecule has 0 bridgehead atoms. The molecule has 0 amide bonds. The second-order valence-corrected chi connectivity index (χ2v) is 5.11. The molecule has 0 fully saturated rings. The lowest BCUT2D eigenvalue weighted by molar-refractivity contribution is 0.456. The summed E-state index contributed by atoms with van der Waals surface area (Å²) in [4.78, 5) is 8.32. The van der Waals surface area contributed by atoms with E-state index in [0.29, 0.717) is 5.88 Å². The Morgan fingerprint density at radius 2 is 1.72 bits per heavy atom. The average molecular weight is 243 g/mol. The van der Waals surface area contributed by atoms with E-state index in [9.17, 15) is 0 Å². The molecule has 0 spiro atoms. The van der Waals surface area contributed by atoms with Crippen molar-refractivity contribution in [3.05, 3.63) is 42.1 Å². The first-order valence-corrected chi connectivity index (χ1v) is 5.83. The number of nitrogens with two attached hydrogens (primary N) is 1. The third-order valence-electron chi connectivity index (χ3n) is 2.45. The van der Waals surface area contributed by atoms with E-state index >= 15 is 0 Å². The molecule has 94 valence electrons. The summed E-state index contributed by atoms with van der Waals surface area (Å²) in [5.74, 6) is 1.43. The van der Waals surface area contributed by atoms with Crippen LogP contribution in [0.15, 0.2) is 36.4 Å². The molecule has 0 aliphatic rings. The molecule has 0 aliphatic heterocycles. The maximum Gasteiger partial charge on any atom is 0.224 e. The number of para-hydroxylation sites is 1. The van der Waals surface area contributed by atoms with Crippen LogP contribution in [0.2, 0.25) is 0 Å².